The lowest BCUT2D eigenvalue weighted by molar-refractivity contribution is -0.129. The van der Waals surface area contributed by atoms with Crippen molar-refractivity contribution in [3.8, 4) is 11.5 Å². The number of aliphatic imine (C=N–C) groups is 1. The van der Waals surface area contributed by atoms with Gasteiger partial charge in [0.15, 0.2) is 17.2 Å². The van der Waals surface area contributed by atoms with E-state index in [0.717, 1.165) is 5.56 Å². The second kappa shape index (κ2) is 9.83. The maximum Gasteiger partial charge on any atom is 0.363 e. The normalized spacial score (nSPS) is 14.3. The van der Waals surface area contributed by atoms with E-state index in [4.69, 9.17) is 49.0 Å². The van der Waals surface area contributed by atoms with Crippen LogP contribution in [0.3, 0.4) is 0 Å². The minimum Gasteiger partial charge on any atom is -0.493 e. The number of rotatable bonds is 6. The molecule has 3 aromatic carbocycles. The van der Waals surface area contributed by atoms with Crippen molar-refractivity contribution in [2.75, 3.05) is 7.11 Å². The van der Waals surface area contributed by atoms with Crippen LogP contribution in [0.15, 0.2) is 65.3 Å². The highest BCUT2D eigenvalue weighted by molar-refractivity contribution is 6.42. The molecule has 0 bridgehead atoms. The molecule has 0 saturated heterocycles. The molecule has 0 saturated carbocycles. The average molecular weight is 507 g/mol. The number of benzene rings is 3. The van der Waals surface area contributed by atoms with Crippen LogP contribution in [0.5, 0.6) is 11.5 Å². The van der Waals surface area contributed by atoms with E-state index in [2.05, 4.69) is 4.99 Å². The van der Waals surface area contributed by atoms with Gasteiger partial charge in [-0.3, -0.25) is 0 Å². The van der Waals surface area contributed by atoms with Crippen molar-refractivity contribution in [2.45, 2.75) is 6.61 Å². The summed E-state index contributed by atoms with van der Waals surface area (Å²) in [6.07, 6.45) is 1.51. The van der Waals surface area contributed by atoms with Crippen molar-refractivity contribution in [2.24, 2.45) is 4.99 Å². The highest BCUT2D eigenvalue weighted by Gasteiger charge is 2.24. The first kappa shape index (κ1) is 23.1. The highest BCUT2D eigenvalue weighted by Crippen LogP contribution is 2.38. The summed E-state index contributed by atoms with van der Waals surface area (Å²) in [4.78, 5) is 16.5. The van der Waals surface area contributed by atoms with E-state index in [1.54, 1.807) is 30.3 Å². The van der Waals surface area contributed by atoms with E-state index in [-0.39, 0.29) is 23.2 Å². The maximum absolute atomic E-state index is 13.1. The van der Waals surface area contributed by atoms with Gasteiger partial charge in [-0.15, -0.1) is 0 Å². The van der Waals surface area contributed by atoms with Crippen LogP contribution in [0.25, 0.3) is 6.08 Å². The Labute approximate surface area is 204 Å². The number of cyclic esters (lactones) is 1. The van der Waals surface area contributed by atoms with Crippen LogP contribution in [0.2, 0.25) is 15.1 Å². The van der Waals surface area contributed by atoms with Crippen LogP contribution in [0.4, 0.5) is 4.39 Å². The Morgan fingerprint density at radius 3 is 2.45 bits per heavy atom. The van der Waals surface area contributed by atoms with Crippen molar-refractivity contribution >= 4 is 52.7 Å². The maximum atomic E-state index is 13.1. The van der Waals surface area contributed by atoms with Gasteiger partial charge < -0.3 is 14.2 Å². The summed E-state index contributed by atoms with van der Waals surface area (Å²) in [5.74, 6) is -0.252. The molecular weight excluding hydrogens is 492 g/mol. The quantitative estimate of drug-likeness (QED) is 0.275. The monoisotopic (exact) mass is 505 g/mol. The molecule has 1 aliphatic rings. The first-order valence-corrected chi connectivity index (χ1v) is 10.7. The van der Waals surface area contributed by atoms with Gasteiger partial charge in [-0.2, -0.15) is 0 Å². The summed E-state index contributed by atoms with van der Waals surface area (Å²) in [6.45, 7) is 0.186. The summed E-state index contributed by atoms with van der Waals surface area (Å²) in [5.41, 5.74) is 1.90. The summed E-state index contributed by atoms with van der Waals surface area (Å²) in [6, 6.07) is 13.9. The third-order valence-corrected chi connectivity index (χ3v) is 5.65. The molecular formula is C24H15Cl3FNO4. The largest absolute Gasteiger partial charge is 0.493 e. The predicted octanol–water partition coefficient (Wildman–Crippen LogP) is 6.72. The first-order valence-electron chi connectivity index (χ1n) is 9.57. The van der Waals surface area contributed by atoms with Crippen LogP contribution < -0.4 is 9.47 Å². The van der Waals surface area contributed by atoms with E-state index < -0.39 is 11.8 Å². The number of hydrogen-bond donors (Lipinski definition) is 0. The fourth-order valence-corrected chi connectivity index (χ4v) is 3.63. The van der Waals surface area contributed by atoms with E-state index >= 15 is 0 Å². The van der Waals surface area contributed by atoms with Gasteiger partial charge in [0.2, 0.25) is 5.90 Å². The zero-order valence-electron chi connectivity index (χ0n) is 17.1. The number of carbonyl (C=O) groups is 1. The van der Waals surface area contributed by atoms with E-state index in [1.165, 1.54) is 37.5 Å². The van der Waals surface area contributed by atoms with Crippen LogP contribution in [0.1, 0.15) is 16.7 Å². The lowest BCUT2D eigenvalue weighted by Gasteiger charge is -2.14. The van der Waals surface area contributed by atoms with Crippen LogP contribution in [-0.2, 0) is 16.1 Å². The minimum atomic E-state index is -0.635. The lowest BCUT2D eigenvalue weighted by atomic mass is 10.1. The zero-order valence-corrected chi connectivity index (χ0v) is 19.3. The zero-order chi connectivity index (χ0) is 23.5. The van der Waals surface area contributed by atoms with Gasteiger partial charge in [0.25, 0.3) is 0 Å². The molecule has 168 valence electrons. The summed E-state index contributed by atoms with van der Waals surface area (Å²) >= 11 is 18.4. The van der Waals surface area contributed by atoms with Crippen LogP contribution >= 0.6 is 34.8 Å². The number of methoxy groups -OCH3 is 1. The molecule has 0 radical (unpaired) electrons. The van der Waals surface area contributed by atoms with Gasteiger partial charge >= 0.3 is 5.97 Å². The SMILES string of the molecule is COc1cc(/C=C2\N=C(c3ccc(F)cc3)OC2=O)cc(Cl)c1OCc1ccc(Cl)c(Cl)c1. The Bertz CT molecular complexity index is 1290. The van der Waals surface area contributed by atoms with Crippen molar-refractivity contribution in [1.82, 2.24) is 0 Å². The van der Waals surface area contributed by atoms with Gasteiger partial charge in [0, 0.05) is 5.56 Å². The summed E-state index contributed by atoms with van der Waals surface area (Å²) < 4.78 is 29.6. The van der Waals surface area contributed by atoms with Gasteiger partial charge in [-0.25, -0.2) is 14.2 Å². The van der Waals surface area contributed by atoms with Gasteiger partial charge in [0.05, 0.1) is 22.2 Å². The third kappa shape index (κ3) is 5.30. The van der Waals surface area contributed by atoms with Gasteiger partial charge in [-0.05, 0) is 65.7 Å². The van der Waals surface area contributed by atoms with E-state index in [1.807, 2.05) is 0 Å². The number of halogens is 4. The molecule has 0 spiro atoms. The van der Waals surface area contributed by atoms with Crippen molar-refractivity contribution < 1.29 is 23.4 Å². The van der Waals surface area contributed by atoms with Gasteiger partial charge in [0.1, 0.15) is 12.4 Å². The molecule has 0 unspecified atom stereocenters. The molecule has 0 aliphatic carbocycles. The Hall–Kier alpha value is -3.06. The third-order valence-electron chi connectivity index (χ3n) is 4.63. The standard InChI is InChI=1S/C24H15Cl3FNO4/c1-31-21-11-14(9-19(27)22(21)32-12-13-2-7-17(25)18(26)8-13)10-20-24(30)33-23(29-20)15-3-5-16(28)6-4-15/h2-11H,12H2,1H3/b20-10-. The Kier molecular flexibility index (Phi) is 6.88. The molecule has 1 heterocycles. The number of ether oxygens (including phenoxy) is 3. The molecule has 3 aromatic rings. The molecule has 1 aliphatic heterocycles. The minimum absolute atomic E-state index is 0.0666. The van der Waals surface area contributed by atoms with Crippen molar-refractivity contribution in [3.63, 3.8) is 0 Å². The molecule has 33 heavy (non-hydrogen) atoms. The van der Waals surface area contributed by atoms with Crippen LogP contribution in [0, 0.1) is 5.82 Å². The average Bonchev–Trinajstić information content (AvgIpc) is 3.15. The molecule has 0 atom stereocenters. The topological polar surface area (TPSA) is 57.1 Å². The van der Waals surface area contributed by atoms with Crippen LogP contribution in [-0.4, -0.2) is 19.0 Å². The molecule has 5 nitrogen and oxygen atoms in total. The van der Waals surface area contributed by atoms with Gasteiger partial charge in [-0.1, -0.05) is 40.9 Å². The first-order chi connectivity index (χ1) is 15.8. The molecule has 0 amide bonds. The lowest BCUT2D eigenvalue weighted by Crippen LogP contribution is -2.05. The number of hydrogen-bond acceptors (Lipinski definition) is 5. The smallest absolute Gasteiger partial charge is 0.363 e. The Balaban J connectivity index is 1.58. The Morgan fingerprint density at radius 2 is 1.76 bits per heavy atom. The molecule has 0 fully saturated rings. The summed E-state index contributed by atoms with van der Waals surface area (Å²) in [5, 5.41) is 1.14. The fraction of sp³-hybridized carbons (Fsp3) is 0.0833. The second-order valence-electron chi connectivity index (χ2n) is 6.91. The number of carbonyl (C=O) groups excluding carboxylic acids is 1. The van der Waals surface area contributed by atoms with E-state index in [0.29, 0.717) is 32.7 Å². The van der Waals surface area contributed by atoms with Crippen molar-refractivity contribution in [1.29, 1.82) is 0 Å². The van der Waals surface area contributed by atoms with E-state index in [9.17, 15) is 9.18 Å². The van der Waals surface area contributed by atoms with Crippen molar-refractivity contribution in [3.05, 3.63) is 97.9 Å². The molecule has 4 rings (SSSR count). The number of esters is 1. The number of nitrogens with zero attached hydrogens (tertiary/aromatic N) is 1. The molecule has 0 aromatic heterocycles. The molecule has 9 heteroatoms. The fourth-order valence-electron chi connectivity index (χ4n) is 3.03. The second-order valence-corrected chi connectivity index (χ2v) is 8.14. The summed E-state index contributed by atoms with van der Waals surface area (Å²) in [7, 11) is 1.48. The Morgan fingerprint density at radius 1 is 1.00 bits per heavy atom. The highest BCUT2D eigenvalue weighted by atomic mass is 35.5. The molecule has 0 N–H and O–H groups in total. The predicted molar refractivity (Wildman–Crippen MR) is 126 cm³/mol.